The number of benzene rings is 3. The largest absolute Gasteiger partial charge is 0.493 e. The lowest BCUT2D eigenvalue weighted by molar-refractivity contribution is -0.120. The Morgan fingerprint density at radius 1 is 0.973 bits per heavy atom. The van der Waals surface area contributed by atoms with Gasteiger partial charge in [0, 0.05) is 22.0 Å². The number of hydrogen-bond acceptors (Lipinski definition) is 5. The van der Waals surface area contributed by atoms with E-state index in [0.717, 1.165) is 38.3 Å². The van der Waals surface area contributed by atoms with Crippen LogP contribution in [0.3, 0.4) is 0 Å². The molecule has 0 saturated heterocycles. The summed E-state index contributed by atoms with van der Waals surface area (Å²) in [5.41, 5.74) is 8.30. The summed E-state index contributed by atoms with van der Waals surface area (Å²) in [6.45, 7) is 1.93. The molecule has 0 heterocycles. The Morgan fingerprint density at radius 3 is 2.35 bits per heavy atom. The lowest BCUT2D eigenvalue weighted by atomic mass is 10.0. The average Bonchev–Trinajstić information content (AvgIpc) is 3.13. The van der Waals surface area contributed by atoms with Gasteiger partial charge in [0.2, 0.25) is 5.91 Å². The number of fused-ring (bicyclic) bond motifs is 1. The molecule has 1 aliphatic rings. The molecule has 0 aromatic heterocycles. The Bertz CT molecular complexity index is 1460. The lowest BCUT2D eigenvalue weighted by Gasteiger charge is -2.07. The third-order valence-electron chi connectivity index (χ3n) is 6.12. The van der Waals surface area contributed by atoms with Crippen LogP contribution in [-0.2, 0) is 15.6 Å². The molecular weight excluding hydrogens is 491 g/mol. The maximum atomic E-state index is 14.2. The molecule has 6 nitrogen and oxygen atoms in total. The van der Waals surface area contributed by atoms with Crippen LogP contribution in [0.1, 0.15) is 35.6 Å². The summed E-state index contributed by atoms with van der Waals surface area (Å²) in [7, 11) is 2.04. The monoisotopic (exact) mass is 518 g/mol. The zero-order valence-electron chi connectivity index (χ0n) is 21.0. The molecule has 4 rings (SSSR count). The summed E-state index contributed by atoms with van der Waals surface area (Å²) in [4.78, 5) is 13.5. The van der Waals surface area contributed by atoms with Crippen molar-refractivity contribution in [2.45, 2.75) is 18.2 Å². The second kappa shape index (κ2) is 11.3. The summed E-state index contributed by atoms with van der Waals surface area (Å²) >= 11 is 0. The van der Waals surface area contributed by atoms with Gasteiger partial charge in [0.1, 0.15) is 5.82 Å². The predicted molar refractivity (Wildman–Crippen MR) is 146 cm³/mol. The van der Waals surface area contributed by atoms with Crippen molar-refractivity contribution in [3.63, 3.8) is 0 Å². The van der Waals surface area contributed by atoms with Crippen molar-refractivity contribution in [2.75, 3.05) is 20.5 Å². The Balaban J connectivity index is 1.56. The molecule has 37 heavy (non-hydrogen) atoms. The molecule has 0 aliphatic heterocycles. The maximum absolute atomic E-state index is 14.2. The van der Waals surface area contributed by atoms with Crippen LogP contribution < -0.4 is 14.9 Å². The van der Waals surface area contributed by atoms with E-state index >= 15 is 0 Å². The van der Waals surface area contributed by atoms with Crippen molar-refractivity contribution in [2.24, 2.45) is 5.10 Å². The van der Waals surface area contributed by atoms with Gasteiger partial charge in [-0.25, -0.2) is 9.82 Å². The van der Waals surface area contributed by atoms with Crippen molar-refractivity contribution in [1.82, 2.24) is 5.43 Å². The van der Waals surface area contributed by atoms with Gasteiger partial charge in [-0.3, -0.25) is 9.00 Å². The Morgan fingerprint density at radius 2 is 1.68 bits per heavy atom. The highest BCUT2D eigenvalue weighted by Gasteiger charge is 2.25. The van der Waals surface area contributed by atoms with Gasteiger partial charge in [-0.2, -0.15) is 5.10 Å². The van der Waals surface area contributed by atoms with E-state index in [1.54, 1.807) is 44.7 Å². The second-order valence-electron chi connectivity index (χ2n) is 8.46. The van der Waals surface area contributed by atoms with Crippen LogP contribution in [0, 0.1) is 5.82 Å². The first-order valence-electron chi connectivity index (χ1n) is 11.5. The molecule has 0 spiro atoms. The van der Waals surface area contributed by atoms with Crippen molar-refractivity contribution < 1.29 is 22.9 Å². The molecular formula is C29H27FN2O4S. The Hall–Kier alpha value is -4.04. The van der Waals surface area contributed by atoms with Gasteiger partial charge in [-0.05, 0) is 94.4 Å². The first kappa shape index (κ1) is 26.0. The maximum Gasteiger partial charge on any atom is 0.244 e. The van der Waals surface area contributed by atoms with Crippen LogP contribution in [0.2, 0.25) is 0 Å². The topological polar surface area (TPSA) is 77.0 Å². The number of allylic oxidation sites excluding steroid dienone is 2. The van der Waals surface area contributed by atoms with E-state index < -0.39 is 10.8 Å². The molecule has 1 aliphatic carbocycles. The molecule has 0 radical (unpaired) electrons. The standard InChI is InChI=1S/C29H27FN2O4S/c1-18-24(13-19-5-9-22(10-6-19)37(4)34)23-11-8-21(30)15-26(23)25(18)16-29(33)32-31-17-20-7-12-27(35-2)28(14-20)36-3/h5-15,17H,16H2,1-4H3,(H,32,33)/b24-13-,31-17?. The molecule has 3 aromatic carbocycles. The fraction of sp³-hybridized carbons (Fsp3) is 0.172. The third-order valence-corrected chi connectivity index (χ3v) is 7.06. The fourth-order valence-corrected chi connectivity index (χ4v) is 4.74. The van der Waals surface area contributed by atoms with Crippen molar-refractivity contribution >= 4 is 40.1 Å². The number of nitrogens with zero attached hydrogens (tertiary/aromatic N) is 1. The molecule has 1 N–H and O–H groups in total. The van der Waals surface area contributed by atoms with Gasteiger partial charge in [-0.15, -0.1) is 0 Å². The first-order valence-corrected chi connectivity index (χ1v) is 13.1. The minimum atomic E-state index is -1.06. The number of carbonyl (C=O) groups is 1. The highest BCUT2D eigenvalue weighted by atomic mass is 32.2. The minimum Gasteiger partial charge on any atom is -0.493 e. The molecule has 0 saturated carbocycles. The average molecular weight is 519 g/mol. The number of rotatable bonds is 8. The van der Waals surface area contributed by atoms with E-state index in [2.05, 4.69) is 10.5 Å². The van der Waals surface area contributed by atoms with Crippen LogP contribution in [0.5, 0.6) is 11.5 Å². The molecule has 190 valence electrons. The SMILES string of the molecule is COc1ccc(C=NNC(=O)CC2=C(C)/C(=C/c3ccc(S(C)=O)cc3)c3ccc(F)cc32)cc1OC. The van der Waals surface area contributed by atoms with Gasteiger partial charge in [0.25, 0.3) is 0 Å². The van der Waals surface area contributed by atoms with Crippen LogP contribution in [0.4, 0.5) is 4.39 Å². The summed E-state index contributed by atoms with van der Waals surface area (Å²) in [6.07, 6.45) is 5.18. The number of hydrogen-bond donors (Lipinski definition) is 1. The lowest BCUT2D eigenvalue weighted by Crippen LogP contribution is -2.17. The second-order valence-corrected chi connectivity index (χ2v) is 9.84. The van der Waals surface area contributed by atoms with Gasteiger partial charge >= 0.3 is 0 Å². The van der Waals surface area contributed by atoms with E-state index in [1.165, 1.54) is 18.3 Å². The van der Waals surface area contributed by atoms with Crippen LogP contribution >= 0.6 is 0 Å². The van der Waals surface area contributed by atoms with Crippen molar-refractivity contribution in [3.05, 3.63) is 94.3 Å². The normalized spacial score (nSPS) is 14.7. The fourth-order valence-electron chi connectivity index (χ4n) is 4.22. The molecule has 1 amide bonds. The zero-order chi connectivity index (χ0) is 26.5. The minimum absolute atomic E-state index is 0.0383. The highest BCUT2D eigenvalue weighted by molar-refractivity contribution is 7.84. The Labute approximate surface area is 218 Å². The van der Waals surface area contributed by atoms with E-state index in [-0.39, 0.29) is 18.1 Å². The number of methoxy groups -OCH3 is 2. The smallest absolute Gasteiger partial charge is 0.244 e. The third kappa shape index (κ3) is 5.86. The molecule has 8 heteroatoms. The van der Waals surface area contributed by atoms with Crippen LogP contribution in [0.15, 0.2) is 76.2 Å². The number of hydrazone groups is 1. The summed E-state index contributed by atoms with van der Waals surface area (Å²) in [5.74, 6) is 0.461. The van der Waals surface area contributed by atoms with Crippen LogP contribution in [-0.4, -0.2) is 36.8 Å². The number of nitrogens with one attached hydrogen (secondary N) is 1. The molecule has 0 fully saturated rings. The summed E-state index contributed by atoms with van der Waals surface area (Å²) in [6, 6.07) is 17.3. The predicted octanol–water partition coefficient (Wildman–Crippen LogP) is 5.45. The molecule has 0 bridgehead atoms. The van der Waals surface area contributed by atoms with E-state index in [4.69, 9.17) is 9.47 Å². The molecule has 1 unspecified atom stereocenters. The number of amides is 1. The number of halogens is 1. The van der Waals surface area contributed by atoms with Gasteiger partial charge in [-0.1, -0.05) is 18.2 Å². The summed E-state index contributed by atoms with van der Waals surface area (Å²) < 4.78 is 36.4. The zero-order valence-corrected chi connectivity index (χ0v) is 21.8. The van der Waals surface area contributed by atoms with Crippen LogP contribution in [0.25, 0.3) is 17.2 Å². The number of carbonyl (C=O) groups excluding carboxylic acids is 1. The van der Waals surface area contributed by atoms with Gasteiger partial charge < -0.3 is 9.47 Å². The van der Waals surface area contributed by atoms with E-state index in [0.29, 0.717) is 17.1 Å². The Kier molecular flexibility index (Phi) is 7.98. The van der Waals surface area contributed by atoms with Crippen molar-refractivity contribution in [3.8, 4) is 11.5 Å². The highest BCUT2D eigenvalue weighted by Crippen LogP contribution is 2.43. The number of ether oxygens (including phenoxy) is 2. The molecule has 1 atom stereocenters. The van der Waals surface area contributed by atoms with E-state index in [9.17, 15) is 13.4 Å². The van der Waals surface area contributed by atoms with Gasteiger partial charge in [0.15, 0.2) is 11.5 Å². The molecule has 3 aromatic rings. The van der Waals surface area contributed by atoms with Gasteiger partial charge in [0.05, 0.1) is 26.9 Å². The first-order chi connectivity index (χ1) is 17.8. The van der Waals surface area contributed by atoms with E-state index in [1.807, 2.05) is 37.3 Å². The van der Waals surface area contributed by atoms with Crippen molar-refractivity contribution in [1.29, 1.82) is 0 Å². The quantitative estimate of drug-likeness (QED) is 0.318. The summed E-state index contributed by atoms with van der Waals surface area (Å²) in [5, 5.41) is 4.07.